The Labute approximate surface area is 287 Å². The molecule has 15 heteroatoms. The summed E-state index contributed by atoms with van der Waals surface area (Å²) in [6, 6.07) is 12.8. The Bertz CT molecular complexity index is 1680. The van der Waals surface area contributed by atoms with Gasteiger partial charge < -0.3 is 40.7 Å². The van der Waals surface area contributed by atoms with E-state index in [0.29, 0.717) is 17.1 Å². The molecule has 3 aliphatic heterocycles. The monoisotopic (exact) mass is 690 g/mol. The molecule has 0 aliphatic carbocycles. The minimum absolute atomic E-state index is 0.0184. The Morgan fingerprint density at radius 3 is 2.28 bits per heavy atom. The Morgan fingerprint density at radius 1 is 0.920 bits per heavy atom. The Morgan fingerprint density at radius 2 is 1.60 bits per heavy atom. The van der Waals surface area contributed by atoms with Gasteiger partial charge in [0.1, 0.15) is 42.0 Å². The summed E-state index contributed by atoms with van der Waals surface area (Å²) in [5.74, 6) is -3.02. The van der Waals surface area contributed by atoms with Crippen molar-refractivity contribution in [1.82, 2.24) is 31.2 Å². The molecule has 14 nitrogen and oxygen atoms in total. The number of pyridine rings is 1. The van der Waals surface area contributed by atoms with Crippen LogP contribution >= 0.6 is 0 Å². The van der Waals surface area contributed by atoms with Gasteiger partial charge in [0.05, 0.1) is 24.9 Å². The molecule has 0 saturated carbocycles. The van der Waals surface area contributed by atoms with Gasteiger partial charge >= 0.3 is 0 Å². The summed E-state index contributed by atoms with van der Waals surface area (Å²) in [6.07, 6.45) is 2.33. The fourth-order valence-corrected chi connectivity index (χ4v) is 5.68. The average Bonchev–Trinajstić information content (AvgIpc) is 3.12. The second kappa shape index (κ2) is 16.2. The first-order valence-electron chi connectivity index (χ1n) is 16.2. The van der Waals surface area contributed by atoms with Crippen molar-refractivity contribution in [2.45, 2.75) is 49.9 Å². The SMILES string of the molecule is C[C@@H]1NC(=O)[C@H](CO)NC(=O)[C@@H](Cc2ccccc2)NC(=O)C2(CCN(C(=O)c3cncc(F)c3)CC2)Oc2ccc(cc2)OCCNC1=O. The number of nitrogens with one attached hydrogen (secondary N) is 4. The number of aliphatic hydroxyl groups is 1. The van der Waals surface area contributed by atoms with Crippen molar-refractivity contribution >= 4 is 29.5 Å². The number of fused-ring (bicyclic) bond motifs is 15. The fraction of sp³-hybridized carbons (Fsp3) is 0.371. The molecule has 50 heavy (non-hydrogen) atoms. The van der Waals surface area contributed by atoms with Gasteiger partial charge in [0.15, 0.2) is 5.60 Å². The largest absolute Gasteiger partial charge is 0.492 e. The number of rotatable bonds is 4. The van der Waals surface area contributed by atoms with E-state index < -0.39 is 65.7 Å². The van der Waals surface area contributed by atoms with Crippen molar-refractivity contribution in [1.29, 1.82) is 0 Å². The van der Waals surface area contributed by atoms with E-state index in [1.165, 1.54) is 18.0 Å². The summed E-state index contributed by atoms with van der Waals surface area (Å²) in [7, 11) is 0. The molecule has 0 unspecified atom stereocenters. The van der Waals surface area contributed by atoms with Crippen LogP contribution in [0.3, 0.4) is 0 Å². The van der Waals surface area contributed by atoms with Gasteiger partial charge in [-0.15, -0.1) is 0 Å². The summed E-state index contributed by atoms with van der Waals surface area (Å²) >= 11 is 0. The van der Waals surface area contributed by atoms with Gasteiger partial charge in [-0.05, 0) is 42.8 Å². The number of piperidine rings is 1. The number of aliphatic hydroxyl groups excluding tert-OH is 1. The number of likely N-dealkylation sites (tertiary alicyclic amines) is 1. The summed E-state index contributed by atoms with van der Waals surface area (Å²) in [6.45, 7) is 1.05. The van der Waals surface area contributed by atoms with Crippen LogP contribution in [0.25, 0.3) is 0 Å². The third-order valence-electron chi connectivity index (χ3n) is 8.50. The number of nitrogens with zero attached hydrogens (tertiary/aromatic N) is 2. The zero-order valence-electron chi connectivity index (χ0n) is 27.4. The third kappa shape index (κ3) is 8.91. The highest BCUT2D eigenvalue weighted by atomic mass is 19.1. The zero-order valence-corrected chi connectivity index (χ0v) is 27.4. The first-order chi connectivity index (χ1) is 24.1. The summed E-state index contributed by atoms with van der Waals surface area (Å²) in [5, 5.41) is 20.5. The van der Waals surface area contributed by atoms with Crippen molar-refractivity contribution in [3.8, 4) is 11.5 Å². The highest BCUT2D eigenvalue weighted by Crippen LogP contribution is 2.31. The van der Waals surface area contributed by atoms with Crippen LogP contribution in [0.4, 0.5) is 4.39 Å². The molecule has 1 aromatic heterocycles. The predicted octanol–water partition coefficient (Wildman–Crippen LogP) is 0.492. The zero-order chi connectivity index (χ0) is 35.7. The van der Waals surface area contributed by atoms with Crippen LogP contribution in [0.1, 0.15) is 35.7 Å². The Kier molecular flexibility index (Phi) is 11.6. The highest BCUT2D eigenvalue weighted by molar-refractivity contribution is 5.96. The number of halogens is 1. The molecule has 2 bridgehead atoms. The van der Waals surface area contributed by atoms with Gasteiger partial charge in [-0.3, -0.25) is 29.0 Å². The fourth-order valence-electron chi connectivity index (χ4n) is 5.68. The topological polar surface area (TPSA) is 188 Å². The van der Waals surface area contributed by atoms with Gasteiger partial charge in [0.2, 0.25) is 17.7 Å². The Hall–Kier alpha value is -5.57. The van der Waals surface area contributed by atoms with Crippen LogP contribution in [0.2, 0.25) is 0 Å². The molecule has 2 aromatic carbocycles. The minimum Gasteiger partial charge on any atom is -0.492 e. The van der Waals surface area contributed by atoms with E-state index in [9.17, 15) is 33.5 Å². The lowest BCUT2D eigenvalue weighted by atomic mass is 9.88. The molecule has 0 radical (unpaired) electrons. The molecule has 3 aromatic rings. The van der Waals surface area contributed by atoms with Crippen molar-refractivity contribution in [2.24, 2.45) is 0 Å². The average molecular weight is 691 g/mol. The molecule has 5 amide bonds. The summed E-state index contributed by atoms with van der Waals surface area (Å²) in [5.41, 5.74) is -0.787. The molecule has 1 saturated heterocycles. The quantitative estimate of drug-likeness (QED) is 0.243. The standard InChI is InChI=1S/C35H39FN6O8/c1-22-30(44)38-13-16-49-26-7-9-27(10-8-26)50-35(11-14-42(15-12-35)33(47)24-18-25(36)20-37-19-24)34(48)41-28(17-23-5-3-2-4-6-23)31(45)40-29(21-43)32(46)39-22/h2-10,18-20,22,28-29,43H,11-17,21H2,1H3,(H,38,44)(H,39,46)(H,40,45)(H,41,48)/t22-,28+,29-/m0/s1. The van der Waals surface area contributed by atoms with Crippen LogP contribution in [0, 0.1) is 5.82 Å². The number of hydrogen-bond donors (Lipinski definition) is 5. The van der Waals surface area contributed by atoms with Crippen LogP contribution in [-0.2, 0) is 25.6 Å². The summed E-state index contributed by atoms with van der Waals surface area (Å²) in [4.78, 5) is 72.1. The maximum absolute atomic E-state index is 14.3. The molecule has 4 heterocycles. The van der Waals surface area contributed by atoms with Crippen LogP contribution in [-0.4, -0.2) is 101 Å². The van der Waals surface area contributed by atoms with Gasteiger partial charge in [-0.2, -0.15) is 0 Å². The van der Waals surface area contributed by atoms with Crippen LogP contribution < -0.4 is 30.7 Å². The second-order valence-electron chi connectivity index (χ2n) is 12.1. The van der Waals surface area contributed by atoms with Crippen molar-refractivity contribution in [3.05, 3.63) is 90.0 Å². The van der Waals surface area contributed by atoms with Crippen LogP contribution in [0.5, 0.6) is 11.5 Å². The number of benzene rings is 2. The molecule has 3 aliphatic rings. The van der Waals surface area contributed by atoms with Crippen molar-refractivity contribution < 1.29 is 42.9 Å². The number of carbonyl (C=O) groups excluding carboxylic acids is 5. The summed E-state index contributed by atoms with van der Waals surface area (Å²) < 4.78 is 25.9. The van der Waals surface area contributed by atoms with Gasteiger partial charge in [0, 0.05) is 38.5 Å². The van der Waals surface area contributed by atoms with E-state index in [1.54, 1.807) is 54.6 Å². The van der Waals surface area contributed by atoms with Gasteiger partial charge in [0.25, 0.3) is 11.8 Å². The van der Waals surface area contributed by atoms with E-state index in [1.807, 2.05) is 0 Å². The number of carbonyl (C=O) groups is 5. The number of hydrogen-bond acceptors (Lipinski definition) is 9. The lowest BCUT2D eigenvalue weighted by molar-refractivity contribution is -0.144. The third-order valence-corrected chi connectivity index (χ3v) is 8.50. The van der Waals surface area contributed by atoms with Gasteiger partial charge in [-0.1, -0.05) is 30.3 Å². The molecule has 264 valence electrons. The number of ether oxygens (including phenoxy) is 2. The maximum Gasteiger partial charge on any atom is 0.265 e. The normalized spacial score (nSPS) is 21.9. The molecule has 5 N–H and O–H groups in total. The lowest BCUT2D eigenvalue weighted by Crippen LogP contribution is -2.62. The maximum atomic E-state index is 14.3. The molecule has 6 rings (SSSR count). The Balaban J connectivity index is 1.45. The van der Waals surface area contributed by atoms with E-state index >= 15 is 0 Å². The minimum atomic E-state index is -1.55. The van der Waals surface area contributed by atoms with E-state index in [-0.39, 0.29) is 51.1 Å². The van der Waals surface area contributed by atoms with Crippen molar-refractivity contribution in [2.75, 3.05) is 32.8 Å². The first-order valence-corrected chi connectivity index (χ1v) is 16.2. The molecular formula is C35H39FN6O8. The lowest BCUT2D eigenvalue weighted by Gasteiger charge is -2.41. The van der Waals surface area contributed by atoms with Crippen molar-refractivity contribution in [3.63, 3.8) is 0 Å². The van der Waals surface area contributed by atoms with Crippen LogP contribution in [0.15, 0.2) is 73.1 Å². The number of amides is 5. The molecule has 3 atom stereocenters. The van der Waals surface area contributed by atoms with E-state index in [2.05, 4.69) is 26.3 Å². The highest BCUT2D eigenvalue weighted by Gasteiger charge is 2.46. The number of aromatic nitrogens is 1. The molecular weight excluding hydrogens is 651 g/mol. The smallest absolute Gasteiger partial charge is 0.265 e. The predicted molar refractivity (Wildman–Crippen MR) is 176 cm³/mol. The molecule has 1 fully saturated rings. The van der Waals surface area contributed by atoms with E-state index in [0.717, 1.165) is 12.3 Å². The molecule has 1 spiro atoms. The van der Waals surface area contributed by atoms with Gasteiger partial charge in [-0.25, -0.2) is 4.39 Å². The second-order valence-corrected chi connectivity index (χ2v) is 12.1. The van der Waals surface area contributed by atoms with E-state index in [4.69, 9.17) is 9.47 Å². The first kappa shape index (κ1) is 35.7.